The molecule has 0 amide bonds. The molecule has 0 bridgehead atoms. The Balaban J connectivity index is 3.72. The summed E-state index contributed by atoms with van der Waals surface area (Å²) in [4.78, 5) is 0. The van der Waals surface area contributed by atoms with E-state index in [2.05, 4.69) is 0 Å². The highest BCUT2D eigenvalue weighted by molar-refractivity contribution is 5.53. The first-order valence-corrected chi connectivity index (χ1v) is 3.99. The summed E-state index contributed by atoms with van der Waals surface area (Å²) in [5.74, 6) is -1.15. The van der Waals surface area contributed by atoms with E-state index in [4.69, 9.17) is 10.4 Å². The first-order valence-electron chi connectivity index (χ1n) is 3.99. The first kappa shape index (κ1) is 13.2. The monoisotopic (exact) mass is 255 g/mol. The van der Waals surface area contributed by atoms with Crippen molar-refractivity contribution in [2.45, 2.75) is 12.4 Å². The SMILES string of the molecule is N#Cc1c(O)ccc(C(F)(F)F)c1C(F)(F)F. The van der Waals surface area contributed by atoms with Crippen LogP contribution in [0.4, 0.5) is 26.3 Å². The third kappa shape index (κ3) is 2.43. The van der Waals surface area contributed by atoms with Gasteiger partial charge < -0.3 is 5.11 Å². The molecule has 0 radical (unpaired) electrons. The highest BCUT2D eigenvalue weighted by atomic mass is 19.4. The van der Waals surface area contributed by atoms with E-state index in [0.717, 1.165) is 6.07 Å². The lowest BCUT2D eigenvalue weighted by Crippen LogP contribution is -2.18. The molecule has 1 aromatic carbocycles. The van der Waals surface area contributed by atoms with Gasteiger partial charge in [0.25, 0.3) is 0 Å². The summed E-state index contributed by atoms with van der Waals surface area (Å²) >= 11 is 0. The summed E-state index contributed by atoms with van der Waals surface area (Å²) in [6.45, 7) is 0. The van der Waals surface area contributed by atoms with Gasteiger partial charge in [-0.15, -0.1) is 0 Å². The number of halogens is 6. The number of alkyl halides is 6. The van der Waals surface area contributed by atoms with Crippen molar-refractivity contribution in [2.24, 2.45) is 0 Å². The summed E-state index contributed by atoms with van der Waals surface area (Å²) in [6.07, 6.45) is -10.6. The van der Waals surface area contributed by atoms with E-state index in [1.807, 2.05) is 0 Å². The Kier molecular flexibility index (Phi) is 2.97. The molecule has 1 aromatic rings. The molecule has 92 valence electrons. The van der Waals surface area contributed by atoms with E-state index < -0.39 is 34.8 Å². The largest absolute Gasteiger partial charge is 0.507 e. The molecule has 1 rings (SSSR count). The van der Waals surface area contributed by atoms with Gasteiger partial charge in [-0.25, -0.2) is 0 Å². The average molecular weight is 255 g/mol. The molecule has 0 fully saturated rings. The highest BCUT2D eigenvalue weighted by Gasteiger charge is 2.45. The van der Waals surface area contributed by atoms with Gasteiger partial charge >= 0.3 is 12.4 Å². The summed E-state index contributed by atoms with van der Waals surface area (Å²) in [6, 6.07) is 1.39. The van der Waals surface area contributed by atoms with Gasteiger partial charge in [-0.2, -0.15) is 31.6 Å². The van der Waals surface area contributed by atoms with Crippen LogP contribution in [-0.2, 0) is 12.4 Å². The molecule has 8 heteroatoms. The van der Waals surface area contributed by atoms with Crippen LogP contribution in [0.15, 0.2) is 12.1 Å². The normalized spacial score (nSPS) is 12.3. The van der Waals surface area contributed by atoms with E-state index in [0.29, 0.717) is 6.07 Å². The minimum absolute atomic E-state index is 0.0823. The molecule has 0 spiro atoms. The molecular weight excluding hydrogens is 252 g/mol. The second-order valence-electron chi connectivity index (χ2n) is 2.99. The molecule has 0 aliphatic heterocycles. The van der Waals surface area contributed by atoms with Crippen molar-refractivity contribution in [2.75, 3.05) is 0 Å². The predicted octanol–water partition coefficient (Wildman–Crippen LogP) is 3.30. The van der Waals surface area contributed by atoms with Crippen LogP contribution in [0.25, 0.3) is 0 Å². The Morgan fingerprint density at radius 3 is 1.88 bits per heavy atom. The van der Waals surface area contributed by atoms with Gasteiger partial charge in [-0.1, -0.05) is 0 Å². The Hall–Kier alpha value is -1.91. The number of rotatable bonds is 0. The second kappa shape index (κ2) is 3.84. The van der Waals surface area contributed by atoms with Crippen molar-refractivity contribution in [1.29, 1.82) is 5.26 Å². The van der Waals surface area contributed by atoms with E-state index >= 15 is 0 Å². The molecule has 0 saturated heterocycles. The zero-order chi connectivity index (χ0) is 13.4. The standard InChI is InChI=1S/C9H3F6NO/c10-8(11,12)5-1-2-6(17)4(3-16)7(5)9(13,14)15/h1-2,17H. The first-order chi connectivity index (χ1) is 7.59. The number of nitrogens with zero attached hydrogens (tertiary/aromatic N) is 1. The van der Waals surface area contributed by atoms with Crippen molar-refractivity contribution in [1.82, 2.24) is 0 Å². The lowest BCUT2D eigenvalue weighted by molar-refractivity contribution is -0.162. The van der Waals surface area contributed by atoms with Crippen LogP contribution < -0.4 is 0 Å². The van der Waals surface area contributed by atoms with Gasteiger partial charge in [0.15, 0.2) is 0 Å². The van der Waals surface area contributed by atoms with Crippen LogP contribution in [-0.4, -0.2) is 5.11 Å². The summed E-state index contributed by atoms with van der Waals surface area (Å²) in [7, 11) is 0. The van der Waals surface area contributed by atoms with E-state index in [-0.39, 0.29) is 6.07 Å². The van der Waals surface area contributed by atoms with Gasteiger partial charge in [0, 0.05) is 0 Å². The maximum absolute atomic E-state index is 12.4. The van der Waals surface area contributed by atoms with Crippen molar-refractivity contribution in [3.63, 3.8) is 0 Å². The fraction of sp³-hybridized carbons (Fsp3) is 0.222. The molecule has 0 aromatic heterocycles. The van der Waals surface area contributed by atoms with Gasteiger partial charge in [0.2, 0.25) is 0 Å². The lowest BCUT2D eigenvalue weighted by atomic mass is 10.00. The predicted molar refractivity (Wildman–Crippen MR) is 42.8 cm³/mol. The van der Waals surface area contributed by atoms with Crippen LogP contribution in [0.2, 0.25) is 0 Å². The highest BCUT2D eigenvalue weighted by Crippen LogP contribution is 2.43. The van der Waals surface area contributed by atoms with Gasteiger partial charge in [-0.3, -0.25) is 0 Å². The Labute approximate surface area is 90.7 Å². The van der Waals surface area contributed by atoms with E-state index in [9.17, 15) is 26.3 Å². The lowest BCUT2D eigenvalue weighted by Gasteiger charge is -2.17. The Bertz CT molecular complexity index is 482. The molecule has 2 nitrogen and oxygen atoms in total. The van der Waals surface area contributed by atoms with E-state index in [1.54, 1.807) is 0 Å². The second-order valence-corrected chi connectivity index (χ2v) is 2.99. The van der Waals surface area contributed by atoms with Crippen LogP contribution in [0.3, 0.4) is 0 Å². The number of benzene rings is 1. The maximum Gasteiger partial charge on any atom is 0.418 e. The molecule has 0 heterocycles. The fourth-order valence-corrected chi connectivity index (χ4v) is 1.24. The minimum atomic E-state index is -5.38. The van der Waals surface area contributed by atoms with Crippen LogP contribution in [0, 0.1) is 11.3 Å². The average Bonchev–Trinajstić information content (AvgIpc) is 2.13. The Morgan fingerprint density at radius 1 is 1.00 bits per heavy atom. The third-order valence-electron chi connectivity index (χ3n) is 1.88. The molecular formula is C9H3F6NO. The summed E-state index contributed by atoms with van der Waals surface area (Å²) < 4.78 is 74.3. The van der Waals surface area contributed by atoms with Gasteiger partial charge in [0.05, 0.1) is 11.1 Å². The van der Waals surface area contributed by atoms with Gasteiger partial charge in [0.1, 0.15) is 17.4 Å². The molecule has 0 saturated carbocycles. The number of aromatic hydroxyl groups is 1. The van der Waals surface area contributed by atoms with Gasteiger partial charge in [-0.05, 0) is 12.1 Å². The van der Waals surface area contributed by atoms with Crippen LogP contribution in [0.5, 0.6) is 5.75 Å². The van der Waals surface area contributed by atoms with Crippen molar-refractivity contribution >= 4 is 0 Å². The number of nitriles is 1. The van der Waals surface area contributed by atoms with Crippen molar-refractivity contribution < 1.29 is 31.4 Å². The quantitative estimate of drug-likeness (QED) is 0.723. The molecule has 0 aliphatic carbocycles. The number of hydrogen-bond acceptors (Lipinski definition) is 2. The van der Waals surface area contributed by atoms with Crippen molar-refractivity contribution in [3.8, 4) is 11.8 Å². The topological polar surface area (TPSA) is 44.0 Å². The molecule has 0 unspecified atom stereocenters. The molecule has 1 N–H and O–H groups in total. The molecule has 0 aliphatic rings. The van der Waals surface area contributed by atoms with E-state index in [1.165, 1.54) is 0 Å². The van der Waals surface area contributed by atoms with Crippen molar-refractivity contribution in [3.05, 3.63) is 28.8 Å². The third-order valence-corrected chi connectivity index (χ3v) is 1.88. The van der Waals surface area contributed by atoms with Crippen LogP contribution >= 0.6 is 0 Å². The number of hydrogen-bond donors (Lipinski definition) is 1. The zero-order valence-electron chi connectivity index (χ0n) is 7.82. The molecule has 17 heavy (non-hydrogen) atoms. The summed E-state index contributed by atoms with van der Waals surface area (Å²) in [5, 5.41) is 17.3. The maximum atomic E-state index is 12.4. The zero-order valence-corrected chi connectivity index (χ0v) is 7.82. The number of phenolic OH excluding ortho intramolecular Hbond substituents is 1. The van der Waals surface area contributed by atoms with Crippen LogP contribution in [0.1, 0.15) is 16.7 Å². The fourth-order valence-electron chi connectivity index (χ4n) is 1.24. The number of phenols is 1. The molecule has 0 atom stereocenters. The minimum Gasteiger partial charge on any atom is -0.507 e. The Morgan fingerprint density at radius 2 is 1.53 bits per heavy atom. The smallest absolute Gasteiger partial charge is 0.418 e. The summed E-state index contributed by atoms with van der Waals surface area (Å²) in [5.41, 5.74) is -5.61.